The molecular formula is C16H13F3N4O5S. The van der Waals surface area contributed by atoms with Crippen LogP contribution in [0.5, 0.6) is 0 Å². The molecule has 0 N–H and O–H groups in total. The van der Waals surface area contributed by atoms with Crippen molar-refractivity contribution in [3.05, 3.63) is 47.5 Å². The molecule has 9 nitrogen and oxygen atoms in total. The smallest absolute Gasteiger partial charge is 0.416 e. The molecular weight excluding hydrogens is 417 g/mol. The van der Waals surface area contributed by atoms with Crippen LogP contribution < -0.4 is 0 Å². The third-order valence-electron chi connectivity index (χ3n) is 3.78. The third kappa shape index (κ3) is 4.45. The van der Waals surface area contributed by atoms with Gasteiger partial charge in [-0.2, -0.15) is 26.6 Å². The van der Waals surface area contributed by atoms with E-state index in [1.807, 2.05) is 0 Å². The molecule has 1 aromatic carbocycles. The number of hydrogen-bond donors (Lipinski definition) is 0. The van der Waals surface area contributed by atoms with E-state index in [4.69, 9.17) is 9.26 Å². The predicted octanol–water partition coefficient (Wildman–Crippen LogP) is 2.33. The largest absolute Gasteiger partial charge is 0.452 e. The summed E-state index contributed by atoms with van der Waals surface area (Å²) in [7, 11) is -2.66. The van der Waals surface area contributed by atoms with E-state index in [9.17, 15) is 26.4 Å². The fourth-order valence-corrected chi connectivity index (χ4v) is 3.11. The van der Waals surface area contributed by atoms with Gasteiger partial charge in [0.15, 0.2) is 6.61 Å². The van der Waals surface area contributed by atoms with Crippen LogP contribution in [0, 0.1) is 0 Å². The molecule has 0 saturated carbocycles. The van der Waals surface area contributed by atoms with E-state index in [0.29, 0.717) is 0 Å². The van der Waals surface area contributed by atoms with Gasteiger partial charge in [0, 0.05) is 18.8 Å². The third-order valence-corrected chi connectivity index (χ3v) is 5.12. The highest BCUT2D eigenvalue weighted by Gasteiger charge is 2.31. The maximum atomic E-state index is 12.8. The minimum atomic E-state index is -4.52. The summed E-state index contributed by atoms with van der Waals surface area (Å²) in [6, 6.07) is 4.35. The van der Waals surface area contributed by atoms with E-state index < -0.39 is 34.5 Å². The number of alkyl halides is 3. The van der Waals surface area contributed by atoms with Gasteiger partial charge in [0.1, 0.15) is 0 Å². The Kier molecular flexibility index (Phi) is 5.17. The van der Waals surface area contributed by atoms with Crippen molar-refractivity contribution in [2.45, 2.75) is 19.7 Å². The zero-order chi connectivity index (χ0) is 21.4. The molecule has 0 amide bonds. The summed E-state index contributed by atoms with van der Waals surface area (Å²) in [6.45, 7) is 0.863. The molecule has 2 heterocycles. The van der Waals surface area contributed by atoms with Crippen LogP contribution in [0.25, 0.3) is 11.4 Å². The quantitative estimate of drug-likeness (QED) is 0.684. The molecule has 0 atom stereocenters. The van der Waals surface area contributed by atoms with Gasteiger partial charge in [-0.15, -0.1) is 4.40 Å². The zero-order valence-electron chi connectivity index (χ0n) is 15.0. The van der Waals surface area contributed by atoms with Gasteiger partial charge in [0.25, 0.3) is 5.89 Å². The predicted molar refractivity (Wildman–Crippen MR) is 92.4 cm³/mol. The van der Waals surface area contributed by atoms with E-state index in [2.05, 4.69) is 14.5 Å². The van der Waals surface area contributed by atoms with Crippen molar-refractivity contribution in [3.63, 3.8) is 0 Å². The highest BCUT2D eigenvalue weighted by Crippen LogP contribution is 2.31. The van der Waals surface area contributed by atoms with Crippen molar-refractivity contribution < 1.29 is 35.6 Å². The average molecular weight is 430 g/mol. The van der Waals surface area contributed by atoms with Crippen LogP contribution in [0.2, 0.25) is 0 Å². The van der Waals surface area contributed by atoms with Crippen LogP contribution in [-0.2, 0) is 32.5 Å². The lowest BCUT2D eigenvalue weighted by molar-refractivity contribution is -0.140. The zero-order valence-corrected chi connectivity index (χ0v) is 15.8. The fraction of sp³-hybridized carbons (Fsp3) is 0.250. The summed E-state index contributed by atoms with van der Waals surface area (Å²) >= 11 is 0. The van der Waals surface area contributed by atoms with Crippen molar-refractivity contribution in [1.29, 1.82) is 0 Å². The van der Waals surface area contributed by atoms with Crippen LogP contribution in [0.3, 0.4) is 0 Å². The number of benzene rings is 1. The minimum absolute atomic E-state index is 0.0525. The maximum absolute atomic E-state index is 12.8. The Balaban J connectivity index is 1.70. The Morgan fingerprint density at radius 2 is 2.03 bits per heavy atom. The first-order chi connectivity index (χ1) is 13.5. The van der Waals surface area contributed by atoms with Gasteiger partial charge < -0.3 is 9.26 Å². The first-order valence-corrected chi connectivity index (χ1v) is 9.31. The summed E-state index contributed by atoms with van der Waals surface area (Å²) in [6.07, 6.45) is -3.46. The molecule has 1 aliphatic rings. The Morgan fingerprint density at radius 1 is 1.31 bits per heavy atom. The number of ether oxygens (including phenoxy) is 1. The van der Waals surface area contributed by atoms with Gasteiger partial charge in [-0.3, -0.25) is 4.31 Å². The van der Waals surface area contributed by atoms with Gasteiger partial charge in [-0.05, 0) is 19.1 Å². The lowest BCUT2D eigenvalue weighted by Crippen LogP contribution is -2.29. The minimum Gasteiger partial charge on any atom is -0.452 e. The number of esters is 1. The molecule has 0 fully saturated rings. The second-order valence-corrected chi connectivity index (χ2v) is 7.53. The standard InChI is InChI=1S/C16H13F3N4O5S/c1-9-12(7-23(2)29(25,26)22-9)15(24)27-8-13-20-14(21-28-13)10-4-3-5-11(6-10)16(17,18)19/h3-7H,8H2,1-2H3. The van der Waals surface area contributed by atoms with E-state index in [0.717, 1.165) is 22.6 Å². The summed E-state index contributed by atoms with van der Waals surface area (Å²) in [5, 5.41) is 3.58. The SMILES string of the molecule is CC1=NS(=O)(=O)N(C)C=C1C(=O)OCc1nc(-c2cccc(C(F)(F)F)c2)no1. The number of nitrogens with zero attached hydrogens (tertiary/aromatic N) is 4. The molecule has 1 aliphatic heterocycles. The molecule has 0 unspecified atom stereocenters. The Morgan fingerprint density at radius 3 is 2.72 bits per heavy atom. The van der Waals surface area contributed by atoms with E-state index in [1.165, 1.54) is 26.1 Å². The number of hydrogen-bond acceptors (Lipinski definition) is 7. The molecule has 2 aromatic rings. The molecule has 154 valence electrons. The molecule has 3 rings (SSSR count). The first-order valence-electron chi connectivity index (χ1n) is 7.91. The highest BCUT2D eigenvalue weighted by atomic mass is 32.2. The second-order valence-electron chi connectivity index (χ2n) is 5.88. The fourth-order valence-electron chi connectivity index (χ4n) is 2.30. The van der Waals surface area contributed by atoms with Crippen LogP contribution in [0.1, 0.15) is 18.4 Å². The number of carbonyl (C=O) groups excluding carboxylic acids is 1. The van der Waals surface area contributed by atoms with Crippen molar-refractivity contribution in [2.24, 2.45) is 4.40 Å². The van der Waals surface area contributed by atoms with Gasteiger partial charge in [-0.1, -0.05) is 17.3 Å². The van der Waals surface area contributed by atoms with E-state index in [1.54, 1.807) is 0 Å². The van der Waals surface area contributed by atoms with Crippen LogP contribution in [-0.4, -0.2) is 41.6 Å². The van der Waals surface area contributed by atoms with Crippen molar-refractivity contribution in [1.82, 2.24) is 14.4 Å². The van der Waals surface area contributed by atoms with Gasteiger partial charge in [-0.25, -0.2) is 4.79 Å². The van der Waals surface area contributed by atoms with Crippen LogP contribution >= 0.6 is 0 Å². The summed E-state index contributed by atoms with van der Waals surface area (Å²) < 4.78 is 75.7. The number of halogens is 3. The highest BCUT2D eigenvalue weighted by molar-refractivity contribution is 7.88. The first kappa shape index (κ1) is 20.5. The molecule has 0 bridgehead atoms. The molecule has 0 aliphatic carbocycles. The van der Waals surface area contributed by atoms with E-state index >= 15 is 0 Å². The van der Waals surface area contributed by atoms with Crippen LogP contribution in [0.4, 0.5) is 13.2 Å². The van der Waals surface area contributed by atoms with Gasteiger partial charge in [0.05, 0.1) is 16.8 Å². The normalized spacial score (nSPS) is 16.2. The molecule has 0 saturated heterocycles. The average Bonchev–Trinajstić information content (AvgIpc) is 3.11. The maximum Gasteiger partial charge on any atom is 0.416 e. The Bertz CT molecular complexity index is 1120. The lowest BCUT2D eigenvalue weighted by Gasteiger charge is -2.18. The second kappa shape index (κ2) is 7.31. The topological polar surface area (TPSA) is 115 Å². The number of aromatic nitrogens is 2. The Labute approximate surface area is 162 Å². The van der Waals surface area contributed by atoms with Crippen molar-refractivity contribution in [2.75, 3.05) is 7.05 Å². The summed E-state index contributed by atoms with van der Waals surface area (Å²) in [5.41, 5.74) is -0.931. The summed E-state index contributed by atoms with van der Waals surface area (Å²) in [4.78, 5) is 16.1. The molecule has 0 radical (unpaired) electrons. The molecule has 0 spiro atoms. The number of rotatable bonds is 4. The Hall–Kier alpha value is -3.22. The lowest BCUT2D eigenvalue weighted by atomic mass is 10.1. The van der Waals surface area contributed by atoms with Crippen molar-refractivity contribution >= 4 is 21.9 Å². The number of carbonyl (C=O) groups is 1. The van der Waals surface area contributed by atoms with Gasteiger partial charge in [0.2, 0.25) is 5.82 Å². The molecule has 29 heavy (non-hydrogen) atoms. The molecule has 1 aromatic heterocycles. The monoisotopic (exact) mass is 430 g/mol. The summed E-state index contributed by atoms with van der Waals surface area (Å²) in [5.74, 6) is -1.15. The van der Waals surface area contributed by atoms with E-state index in [-0.39, 0.29) is 28.6 Å². The molecule has 13 heteroatoms. The van der Waals surface area contributed by atoms with Gasteiger partial charge >= 0.3 is 22.4 Å². The van der Waals surface area contributed by atoms with Crippen LogP contribution in [0.15, 0.2) is 45.0 Å². The van der Waals surface area contributed by atoms with Crippen molar-refractivity contribution in [3.8, 4) is 11.4 Å².